The van der Waals surface area contributed by atoms with Gasteiger partial charge in [-0.05, 0) is 66.6 Å². The van der Waals surface area contributed by atoms with Gasteiger partial charge in [0.05, 0.1) is 7.11 Å². The van der Waals surface area contributed by atoms with Gasteiger partial charge in [0.25, 0.3) is 0 Å². The zero-order valence-corrected chi connectivity index (χ0v) is 13.9. The van der Waals surface area contributed by atoms with E-state index in [0.717, 1.165) is 18.0 Å². The number of rotatable bonds is 4. The number of amides is 1. The van der Waals surface area contributed by atoms with Crippen molar-refractivity contribution in [1.82, 2.24) is 20.2 Å². The molecular formula is C17H21N5O2. The summed E-state index contributed by atoms with van der Waals surface area (Å²) in [7, 11) is 1.60. The molecule has 7 nitrogen and oxygen atoms in total. The molecule has 1 heterocycles. The van der Waals surface area contributed by atoms with Crippen LogP contribution >= 0.6 is 0 Å². The van der Waals surface area contributed by atoms with Crippen molar-refractivity contribution < 1.29 is 9.53 Å². The van der Waals surface area contributed by atoms with Crippen LogP contribution in [-0.4, -0.2) is 33.2 Å². The number of hydrogen-bond donors (Lipinski definition) is 1. The number of benzene rings is 1. The minimum absolute atomic E-state index is 0.131. The molecule has 0 unspecified atom stereocenters. The monoisotopic (exact) mass is 327 g/mol. The van der Waals surface area contributed by atoms with Gasteiger partial charge in [0.15, 0.2) is 5.82 Å². The maximum Gasteiger partial charge on any atom is 0.227 e. The molecule has 1 amide bonds. The summed E-state index contributed by atoms with van der Waals surface area (Å²) in [6, 6.07) is 5.54. The summed E-state index contributed by atoms with van der Waals surface area (Å²) in [5.74, 6) is 2.92. The van der Waals surface area contributed by atoms with Gasteiger partial charge in [0.1, 0.15) is 11.4 Å². The second-order valence-electron chi connectivity index (χ2n) is 6.80. The third-order valence-corrected chi connectivity index (χ3v) is 5.37. The molecule has 126 valence electrons. The molecule has 2 bridgehead atoms. The van der Waals surface area contributed by atoms with Crippen LogP contribution < -0.4 is 10.1 Å². The molecule has 1 aromatic carbocycles. The molecular weight excluding hydrogens is 306 g/mol. The highest BCUT2D eigenvalue weighted by atomic mass is 16.5. The number of tetrazole rings is 1. The molecule has 0 saturated heterocycles. The highest BCUT2D eigenvalue weighted by Crippen LogP contribution is 2.48. The number of methoxy groups -OCH3 is 1. The van der Waals surface area contributed by atoms with Crippen molar-refractivity contribution in [2.24, 2.45) is 17.8 Å². The number of carbonyl (C=O) groups excluding carboxylic acids is 1. The second-order valence-corrected chi connectivity index (χ2v) is 6.80. The highest BCUT2D eigenvalue weighted by Gasteiger charge is 2.43. The van der Waals surface area contributed by atoms with Crippen molar-refractivity contribution in [2.75, 3.05) is 12.4 Å². The van der Waals surface area contributed by atoms with Gasteiger partial charge in [-0.2, -0.15) is 4.68 Å². The first kappa shape index (κ1) is 15.1. The van der Waals surface area contributed by atoms with Crippen molar-refractivity contribution in [3.63, 3.8) is 0 Å². The summed E-state index contributed by atoms with van der Waals surface area (Å²) in [6.45, 7) is 1.82. The lowest BCUT2D eigenvalue weighted by molar-refractivity contribution is -0.121. The van der Waals surface area contributed by atoms with Crippen LogP contribution in [0.15, 0.2) is 18.2 Å². The van der Waals surface area contributed by atoms with Gasteiger partial charge in [0, 0.05) is 11.6 Å². The van der Waals surface area contributed by atoms with Gasteiger partial charge in [-0.1, -0.05) is 6.42 Å². The number of fused-ring (bicyclic) bond motifs is 2. The third-order valence-electron chi connectivity index (χ3n) is 5.37. The number of anilines is 1. The fraction of sp³-hybridized carbons (Fsp3) is 0.529. The zero-order chi connectivity index (χ0) is 16.7. The molecule has 1 aromatic heterocycles. The zero-order valence-electron chi connectivity index (χ0n) is 13.9. The van der Waals surface area contributed by atoms with Crippen LogP contribution in [0.25, 0.3) is 5.69 Å². The normalized spacial score (nSPS) is 25.0. The summed E-state index contributed by atoms with van der Waals surface area (Å²) < 4.78 is 7.00. The average molecular weight is 327 g/mol. The summed E-state index contributed by atoms with van der Waals surface area (Å²) in [5, 5.41) is 14.6. The standard InChI is InChI=1S/C17H21N5O2/c1-10-19-20-21-22(10)15-9-13(5-6-16(15)24-2)18-17(23)14-8-11-3-4-12(14)7-11/h5-6,9,11-12,14H,3-4,7-8H2,1-2H3,(H,18,23)/t11-,12-,14+/m0/s1. The Morgan fingerprint density at radius 2 is 2.21 bits per heavy atom. The molecule has 2 aliphatic rings. The predicted molar refractivity (Wildman–Crippen MR) is 88.0 cm³/mol. The van der Waals surface area contributed by atoms with Gasteiger partial charge in [-0.25, -0.2) is 0 Å². The van der Waals surface area contributed by atoms with Gasteiger partial charge < -0.3 is 10.1 Å². The lowest BCUT2D eigenvalue weighted by atomic mass is 9.88. The van der Waals surface area contributed by atoms with E-state index in [1.807, 2.05) is 25.1 Å². The molecule has 0 radical (unpaired) electrons. The number of carbonyl (C=O) groups is 1. The van der Waals surface area contributed by atoms with Gasteiger partial charge in [-0.3, -0.25) is 4.79 Å². The van der Waals surface area contributed by atoms with E-state index < -0.39 is 0 Å². The molecule has 2 fully saturated rings. The SMILES string of the molecule is COc1ccc(NC(=O)[C@@H]2C[C@H]3CC[C@H]2C3)cc1-n1nnnc1C. The third kappa shape index (κ3) is 2.53. The van der Waals surface area contributed by atoms with E-state index in [1.54, 1.807) is 11.8 Å². The Hall–Kier alpha value is -2.44. The van der Waals surface area contributed by atoms with Crippen molar-refractivity contribution >= 4 is 11.6 Å². The molecule has 4 rings (SSSR count). The number of aryl methyl sites for hydroxylation is 1. The molecule has 24 heavy (non-hydrogen) atoms. The van der Waals surface area contributed by atoms with E-state index in [4.69, 9.17) is 4.74 Å². The average Bonchev–Trinajstić information content (AvgIpc) is 3.31. The lowest BCUT2D eigenvalue weighted by Gasteiger charge is -2.21. The maximum absolute atomic E-state index is 12.6. The second kappa shape index (κ2) is 5.89. The van der Waals surface area contributed by atoms with E-state index in [0.29, 0.717) is 23.2 Å². The molecule has 1 N–H and O–H groups in total. The van der Waals surface area contributed by atoms with Crippen molar-refractivity contribution in [1.29, 1.82) is 0 Å². The lowest BCUT2D eigenvalue weighted by Crippen LogP contribution is -2.27. The van der Waals surface area contributed by atoms with Crippen LogP contribution in [0.3, 0.4) is 0 Å². The Morgan fingerprint density at radius 3 is 2.83 bits per heavy atom. The van der Waals surface area contributed by atoms with Crippen LogP contribution in [0.2, 0.25) is 0 Å². The fourth-order valence-corrected chi connectivity index (χ4v) is 4.19. The fourth-order valence-electron chi connectivity index (χ4n) is 4.19. The van der Waals surface area contributed by atoms with Gasteiger partial charge in [-0.15, -0.1) is 5.10 Å². The number of nitrogens with zero attached hydrogens (tertiary/aromatic N) is 4. The minimum atomic E-state index is 0.131. The number of aromatic nitrogens is 4. The van der Waals surface area contributed by atoms with Crippen LogP contribution in [0.5, 0.6) is 5.75 Å². The minimum Gasteiger partial charge on any atom is -0.494 e. The molecule has 7 heteroatoms. The largest absolute Gasteiger partial charge is 0.494 e. The summed E-state index contributed by atoms with van der Waals surface area (Å²) in [5.41, 5.74) is 1.46. The Balaban J connectivity index is 1.58. The first-order chi connectivity index (χ1) is 11.7. The first-order valence-electron chi connectivity index (χ1n) is 8.40. The number of hydrogen-bond acceptors (Lipinski definition) is 5. The number of nitrogens with one attached hydrogen (secondary N) is 1. The number of ether oxygens (including phenoxy) is 1. The summed E-state index contributed by atoms with van der Waals surface area (Å²) >= 11 is 0. The molecule has 2 aliphatic carbocycles. The highest BCUT2D eigenvalue weighted by molar-refractivity contribution is 5.93. The van der Waals surface area contributed by atoms with Crippen LogP contribution in [0.4, 0.5) is 5.69 Å². The van der Waals surface area contributed by atoms with Gasteiger partial charge in [0.2, 0.25) is 5.91 Å². The molecule has 2 aromatic rings. The van der Waals surface area contributed by atoms with E-state index >= 15 is 0 Å². The molecule has 2 saturated carbocycles. The van der Waals surface area contributed by atoms with Crippen LogP contribution in [0.1, 0.15) is 31.5 Å². The molecule has 0 spiro atoms. The van der Waals surface area contributed by atoms with E-state index in [-0.39, 0.29) is 11.8 Å². The Kier molecular flexibility index (Phi) is 3.70. The van der Waals surface area contributed by atoms with Crippen molar-refractivity contribution in [3.8, 4) is 11.4 Å². The van der Waals surface area contributed by atoms with Crippen molar-refractivity contribution in [2.45, 2.75) is 32.6 Å². The quantitative estimate of drug-likeness (QED) is 0.932. The van der Waals surface area contributed by atoms with E-state index in [1.165, 1.54) is 19.3 Å². The first-order valence-corrected chi connectivity index (χ1v) is 8.40. The Labute approximate surface area is 140 Å². The molecule has 0 aliphatic heterocycles. The summed E-state index contributed by atoms with van der Waals surface area (Å²) in [6.07, 6.45) is 4.74. The van der Waals surface area contributed by atoms with Crippen LogP contribution in [-0.2, 0) is 4.79 Å². The molecule has 3 atom stereocenters. The topological polar surface area (TPSA) is 81.9 Å². The predicted octanol–water partition coefficient (Wildman–Crippen LogP) is 2.35. The van der Waals surface area contributed by atoms with Gasteiger partial charge >= 0.3 is 0 Å². The summed E-state index contributed by atoms with van der Waals surface area (Å²) in [4.78, 5) is 12.6. The van der Waals surface area contributed by atoms with Crippen molar-refractivity contribution in [3.05, 3.63) is 24.0 Å². The smallest absolute Gasteiger partial charge is 0.227 e. The van der Waals surface area contributed by atoms with E-state index in [2.05, 4.69) is 20.8 Å². The Bertz CT molecular complexity index is 772. The maximum atomic E-state index is 12.6. The Morgan fingerprint density at radius 1 is 1.33 bits per heavy atom. The van der Waals surface area contributed by atoms with E-state index in [9.17, 15) is 4.79 Å². The van der Waals surface area contributed by atoms with Crippen LogP contribution in [0, 0.1) is 24.7 Å².